The zero-order valence-electron chi connectivity index (χ0n) is 18.1. The molecule has 2 amide bonds. The van der Waals surface area contributed by atoms with Gasteiger partial charge in [0, 0.05) is 37.3 Å². The van der Waals surface area contributed by atoms with Crippen LogP contribution in [0.3, 0.4) is 0 Å². The second kappa shape index (κ2) is 10.0. The van der Waals surface area contributed by atoms with E-state index in [1.165, 1.54) is 0 Å². The van der Waals surface area contributed by atoms with Gasteiger partial charge in [-0.25, -0.2) is 0 Å². The lowest BCUT2D eigenvalue weighted by atomic mass is 10.1. The first kappa shape index (κ1) is 21.4. The Balaban J connectivity index is 1.32. The van der Waals surface area contributed by atoms with Gasteiger partial charge in [-0.2, -0.15) is 0 Å². The number of rotatable bonds is 6. The normalized spacial score (nSPS) is 13.5. The third-order valence-corrected chi connectivity index (χ3v) is 5.56. The van der Waals surface area contributed by atoms with Crippen molar-refractivity contribution < 1.29 is 19.1 Å². The summed E-state index contributed by atoms with van der Waals surface area (Å²) in [7, 11) is 1.58. The average Bonchev–Trinajstić information content (AvgIpc) is 2.87. The molecule has 3 aromatic carbocycles. The number of methoxy groups -OCH3 is 1. The lowest BCUT2D eigenvalue weighted by molar-refractivity contribution is -0.134. The molecule has 164 valence electrons. The number of ether oxygens (including phenoxy) is 2. The molecule has 6 heteroatoms. The van der Waals surface area contributed by atoms with E-state index in [1.54, 1.807) is 35.1 Å². The summed E-state index contributed by atoms with van der Waals surface area (Å²) in [6, 6.07) is 24.8. The summed E-state index contributed by atoms with van der Waals surface area (Å²) < 4.78 is 11.1. The third-order valence-electron chi connectivity index (χ3n) is 5.56. The van der Waals surface area contributed by atoms with Gasteiger partial charge in [0.05, 0.1) is 7.11 Å². The molecule has 3 aromatic rings. The minimum Gasteiger partial charge on any atom is -0.497 e. The lowest BCUT2D eigenvalue weighted by Gasteiger charge is -2.34. The molecule has 1 saturated heterocycles. The van der Waals surface area contributed by atoms with Crippen LogP contribution in [0.5, 0.6) is 11.5 Å². The maximum atomic E-state index is 12.8. The van der Waals surface area contributed by atoms with Crippen molar-refractivity contribution in [2.75, 3.05) is 39.9 Å². The molecule has 0 spiro atoms. The van der Waals surface area contributed by atoms with Gasteiger partial charge in [0.25, 0.3) is 11.8 Å². The van der Waals surface area contributed by atoms with E-state index in [1.807, 2.05) is 60.7 Å². The Morgan fingerprint density at radius 2 is 1.50 bits per heavy atom. The zero-order valence-corrected chi connectivity index (χ0v) is 18.1. The number of carbonyl (C=O) groups excluding carboxylic acids is 2. The van der Waals surface area contributed by atoms with E-state index in [0.717, 1.165) is 11.1 Å². The molecule has 32 heavy (non-hydrogen) atoms. The summed E-state index contributed by atoms with van der Waals surface area (Å²) in [5.74, 6) is 1.20. The van der Waals surface area contributed by atoms with E-state index >= 15 is 0 Å². The van der Waals surface area contributed by atoms with Gasteiger partial charge >= 0.3 is 0 Å². The monoisotopic (exact) mass is 430 g/mol. The Morgan fingerprint density at radius 3 is 2.25 bits per heavy atom. The standard InChI is InChI=1S/C26H26N2O4/c1-31-22-11-7-10-21(18-22)26(30)28-16-14-27(15-17-28)25(29)19-32-24-13-6-5-12-23(24)20-8-3-2-4-9-20/h2-13,18H,14-17,19H2,1H3. The van der Waals surface area contributed by atoms with Crippen LogP contribution in [-0.2, 0) is 4.79 Å². The summed E-state index contributed by atoms with van der Waals surface area (Å²) >= 11 is 0. The molecular weight excluding hydrogens is 404 g/mol. The van der Waals surface area contributed by atoms with Crippen molar-refractivity contribution in [3.63, 3.8) is 0 Å². The van der Waals surface area contributed by atoms with Gasteiger partial charge in [0.15, 0.2) is 6.61 Å². The molecule has 0 unspecified atom stereocenters. The molecule has 0 saturated carbocycles. The van der Waals surface area contributed by atoms with Crippen LogP contribution in [0.25, 0.3) is 11.1 Å². The molecule has 0 N–H and O–H groups in total. The van der Waals surface area contributed by atoms with Crippen molar-refractivity contribution in [2.24, 2.45) is 0 Å². The van der Waals surface area contributed by atoms with E-state index in [0.29, 0.717) is 43.2 Å². The molecule has 1 fully saturated rings. The fraction of sp³-hybridized carbons (Fsp3) is 0.231. The van der Waals surface area contributed by atoms with Crippen molar-refractivity contribution in [1.82, 2.24) is 9.80 Å². The SMILES string of the molecule is COc1cccc(C(=O)N2CCN(C(=O)COc3ccccc3-c3ccccc3)CC2)c1. The first-order chi connectivity index (χ1) is 15.7. The molecule has 0 atom stereocenters. The van der Waals surface area contributed by atoms with Gasteiger partial charge in [-0.05, 0) is 29.8 Å². The summed E-state index contributed by atoms with van der Waals surface area (Å²) in [6.45, 7) is 1.91. The first-order valence-corrected chi connectivity index (χ1v) is 10.6. The summed E-state index contributed by atoms with van der Waals surface area (Å²) in [5.41, 5.74) is 2.58. The average molecular weight is 431 g/mol. The highest BCUT2D eigenvalue weighted by Crippen LogP contribution is 2.29. The largest absolute Gasteiger partial charge is 0.497 e. The maximum absolute atomic E-state index is 12.8. The fourth-order valence-corrected chi connectivity index (χ4v) is 3.78. The van der Waals surface area contributed by atoms with Crippen LogP contribution in [0.1, 0.15) is 10.4 Å². The Bertz CT molecular complexity index is 1080. The van der Waals surface area contributed by atoms with Crippen molar-refractivity contribution >= 4 is 11.8 Å². The number of hydrogen-bond acceptors (Lipinski definition) is 4. The van der Waals surface area contributed by atoms with Crippen LogP contribution in [0.4, 0.5) is 0 Å². The van der Waals surface area contributed by atoms with E-state index in [9.17, 15) is 9.59 Å². The van der Waals surface area contributed by atoms with E-state index in [4.69, 9.17) is 9.47 Å². The third kappa shape index (κ3) is 4.91. The molecule has 1 aliphatic heterocycles. The van der Waals surface area contributed by atoms with Gasteiger partial charge < -0.3 is 19.3 Å². The van der Waals surface area contributed by atoms with Crippen molar-refractivity contribution in [3.05, 3.63) is 84.4 Å². The Hall–Kier alpha value is -3.80. The second-order valence-electron chi connectivity index (χ2n) is 7.56. The Morgan fingerprint density at radius 1 is 0.812 bits per heavy atom. The molecule has 1 heterocycles. The number of benzene rings is 3. The highest BCUT2D eigenvalue weighted by Gasteiger charge is 2.25. The first-order valence-electron chi connectivity index (χ1n) is 10.6. The van der Waals surface area contributed by atoms with Crippen LogP contribution in [-0.4, -0.2) is 61.5 Å². The van der Waals surface area contributed by atoms with Gasteiger partial charge in [-0.15, -0.1) is 0 Å². The van der Waals surface area contributed by atoms with Gasteiger partial charge in [0.2, 0.25) is 0 Å². The predicted molar refractivity (Wildman–Crippen MR) is 123 cm³/mol. The minimum atomic E-state index is -0.0821. The minimum absolute atomic E-state index is 0.0341. The number of hydrogen-bond donors (Lipinski definition) is 0. The second-order valence-corrected chi connectivity index (χ2v) is 7.56. The summed E-state index contributed by atoms with van der Waals surface area (Å²) in [6.07, 6.45) is 0. The van der Waals surface area contributed by atoms with Gasteiger partial charge in [-0.1, -0.05) is 54.6 Å². The molecule has 0 aliphatic carbocycles. The molecule has 0 bridgehead atoms. The topological polar surface area (TPSA) is 59.1 Å². The molecule has 4 rings (SSSR count). The smallest absolute Gasteiger partial charge is 0.260 e. The highest BCUT2D eigenvalue weighted by molar-refractivity contribution is 5.94. The molecular formula is C26H26N2O4. The van der Waals surface area contributed by atoms with Gasteiger partial charge in [0.1, 0.15) is 11.5 Å². The number of carbonyl (C=O) groups is 2. The van der Waals surface area contributed by atoms with Crippen molar-refractivity contribution in [1.29, 1.82) is 0 Å². The van der Waals surface area contributed by atoms with Crippen LogP contribution in [0, 0.1) is 0 Å². The fourth-order valence-electron chi connectivity index (χ4n) is 3.78. The molecule has 1 aliphatic rings. The molecule has 6 nitrogen and oxygen atoms in total. The van der Waals surface area contributed by atoms with Crippen LogP contribution >= 0.6 is 0 Å². The van der Waals surface area contributed by atoms with Crippen LogP contribution in [0.15, 0.2) is 78.9 Å². The summed E-state index contributed by atoms with van der Waals surface area (Å²) in [4.78, 5) is 29.0. The molecule has 0 aromatic heterocycles. The predicted octanol–water partition coefficient (Wildman–Crippen LogP) is 3.73. The Labute approximate surface area is 188 Å². The van der Waals surface area contributed by atoms with E-state index < -0.39 is 0 Å². The number of nitrogens with zero attached hydrogens (tertiary/aromatic N) is 2. The Kier molecular flexibility index (Phi) is 6.70. The van der Waals surface area contributed by atoms with Gasteiger partial charge in [-0.3, -0.25) is 9.59 Å². The lowest BCUT2D eigenvalue weighted by Crippen LogP contribution is -2.51. The van der Waals surface area contributed by atoms with Crippen molar-refractivity contribution in [2.45, 2.75) is 0 Å². The molecule has 0 radical (unpaired) electrons. The number of piperazine rings is 1. The van der Waals surface area contributed by atoms with Crippen LogP contribution in [0.2, 0.25) is 0 Å². The number of amides is 2. The maximum Gasteiger partial charge on any atom is 0.260 e. The van der Waals surface area contributed by atoms with E-state index in [-0.39, 0.29) is 18.4 Å². The van der Waals surface area contributed by atoms with Crippen molar-refractivity contribution in [3.8, 4) is 22.6 Å². The zero-order chi connectivity index (χ0) is 22.3. The highest BCUT2D eigenvalue weighted by atomic mass is 16.5. The quantitative estimate of drug-likeness (QED) is 0.598. The number of para-hydroxylation sites is 1. The van der Waals surface area contributed by atoms with Crippen LogP contribution < -0.4 is 9.47 Å². The van der Waals surface area contributed by atoms with E-state index in [2.05, 4.69) is 0 Å². The summed E-state index contributed by atoms with van der Waals surface area (Å²) in [5, 5.41) is 0.